The second-order valence-electron chi connectivity index (χ2n) is 6.70. The molecule has 6 nitrogen and oxygen atoms in total. The highest BCUT2D eigenvalue weighted by Crippen LogP contribution is 2.21. The van der Waals surface area contributed by atoms with Gasteiger partial charge in [0.2, 0.25) is 15.9 Å². The smallest absolute Gasteiger partial charge is 0.222 e. The number of amides is 1. The van der Waals surface area contributed by atoms with Crippen LogP contribution >= 0.6 is 12.4 Å². The quantitative estimate of drug-likeness (QED) is 0.733. The lowest BCUT2D eigenvalue weighted by Crippen LogP contribution is -2.43. The van der Waals surface area contributed by atoms with Crippen molar-refractivity contribution in [2.45, 2.75) is 38.5 Å². The Balaban J connectivity index is 0.00000264. The maximum Gasteiger partial charge on any atom is 0.222 e. The van der Waals surface area contributed by atoms with Crippen LogP contribution in [-0.2, 0) is 14.8 Å². The Labute approximate surface area is 146 Å². The maximum absolute atomic E-state index is 12.4. The highest BCUT2D eigenvalue weighted by molar-refractivity contribution is 7.88. The fraction of sp³-hybridized carbons (Fsp3) is 0.933. The molecule has 2 saturated heterocycles. The van der Waals surface area contributed by atoms with Crippen molar-refractivity contribution < 1.29 is 13.2 Å². The summed E-state index contributed by atoms with van der Waals surface area (Å²) in [6.07, 6.45) is 7.11. The Morgan fingerprint density at radius 2 is 1.91 bits per heavy atom. The summed E-state index contributed by atoms with van der Waals surface area (Å²) in [6.45, 7) is 4.09. The van der Waals surface area contributed by atoms with Crippen molar-refractivity contribution in [2.75, 3.05) is 39.0 Å². The summed E-state index contributed by atoms with van der Waals surface area (Å²) in [5.41, 5.74) is 0. The van der Waals surface area contributed by atoms with Gasteiger partial charge in [-0.25, -0.2) is 13.1 Å². The predicted octanol–water partition coefficient (Wildman–Crippen LogP) is 0.976. The summed E-state index contributed by atoms with van der Waals surface area (Å²) in [6, 6.07) is 0. The molecule has 2 N–H and O–H groups in total. The number of nitrogens with zero attached hydrogens (tertiary/aromatic N) is 1. The van der Waals surface area contributed by atoms with E-state index in [1.54, 1.807) is 0 Å². The number of piperidine rings is 2. The normalized spacial score (nSPS) is 23.3. The van der Waals surface area contributed by atoms with Crippen molar-refractivity contribution >= 4 is 28.3 Å². The highest BCUT2D eigenvalue weighted by atomic mass is 35.5. The first-order valence-electron chi connectivity index (χ1n) is 8.37. The summed E-state index contributed by atoms with van der Waals surface area (Å²) in [4.78, 5) is 14.3. The number of hydrogen-bond acceptors (Lipinski definition) is 4. The number of likely N-dealkylation sites (tertiary alicyclic amines) is 1. The van der Waals surface area contributed by atoms with Crippen molar-refractivity contribution in [1.82, 2.24) is 14.9 Å². The van der Waals surface area contributed by atoms with Crippen molar-refractivity contribution in [3.63, 3.8) is 0 Å². The Bertz CT molecular complexity index is 467. The monoisotopic (exact) mass is 367 g/mol. The number of sulfonamides is 1. The standard InChI is InChI=1S/C15H29N3O3S.ClH/c1-22(20,21)17-11-14-3-2-10-18(12-14)15(19)5-4-13-6-8-16-9-7-13;/h13-14,16-17H,2-12H2,1H3;1H. The molecule has 8 heteroatoms. The van der Waals surface area contributed by atoms with Gasteiger partial charge in [0.25, 0.3) is 0 Å². The summed E-state index contributed by atoms with van der Waals surface area (Å²) in [5.74, 6) is 1.16. The van der Waals surface area contributed by atoms with E-state index < -0.39 is 10.0 Å². The van der Waals surface area contributed by atoms with Crippen molar-refractivity contribution in [1.29, 1.82) is 0 Å². The van der Waals surface area contributed by atoms with Gasteiger partial charge >= 0.3 is 0 Å². The van der Waals surface area contributed by atoms with Crippen LogP contribution in [0.3, 0.4) is 0 Å². The third-order valence-electron chi connectivity index (χ3n) is 4.73. The van der Waals surface area contributed by atoms with E-state index in [0.29, 0.717) is 25.4 Å². The van der Waals surface area contributed by atoms with E-state index in [1.807, 2.05) is 4.90 Å². The van der Waals surface area contributed by atoms with E-state index in [2.05, 4.69) is 10.0 Å². The van der Waals surface area contributed by atoms with E-state index in [1.165, 1.54) is 19.1 Å². The molecule has 1 atom stereocenters. The van der Waals surface area contributed by atoms with Gasteiger partial charge in [-0.05, 0) is 57.0 Å². The van der Waals surface area contributed by atoms with Gasteiger partial charge in [-0.2, -0.15) is 0 Å². The second kappa shape index (κ2) is 9.81. The van der Waals surface area contributed by atoms with Gasteiger partial charge in [-0.3, -0.25) is 4.79 Å². The number of rotatable bonds is 6. The van der Waals surface area contributed by atoms with Crippen LogP contribution in [0.15, 0.2) is 0 Å². The largest absolute Gasteiger partial charge is 0.342 e. The van der Waals surface area contributed by atoms with Gasteiger partial charge in [0.05, 0.1) is 6.26 Å². The third-order valence-corrected chi connectivity index (χ3v) is 5.42. The zero-order valence-corrected chi connectivity index (χ0v) is 15.6. The molecule has 0 spiro atoms. The lowest BCUT2D eigenvalue weighted by Gasteiger charge is -2.33. The maximum atomic E-state index is 12.4. The zero-order valence-electron chi connectivity index (χ0n) is 13.9. The molecule has 0 saturated carbocycles. The van der Waals surface area contributed by atoms with Gasteiger partial charge in [0, 0.05) is 26.1 Å². The topological polar surface area (TPSA) is 78.5 Å². The van der Waals surface area contributed by atoms with Crippen molar-refractivity contribution in [3.8, 4) is 0 Å². The fourth-order valence-corrected chi connectivity index (χ4v) is 3.92. The molecule has 23 heavy (non-hydrogen) atoms. The number of carbonyl (C=O) groups is 1. The lowest BCUT2D eigenvalue weighted by atomic mass is 9.92. The average molecular weight is 368 g/mol. The molecular formula is C15H30ClN3O3S. The van der Waals surface area contributed by atoms with Crippen LogP contribution in [0, 0.1) is 11.8 Å². The molecule has 0 aromatic heterocycles. The molecule has 1 unspecified atom stereocenters. The van der Waals surface area contributed by atoms with E-state index in [-0.39, 0.29) is 24.2 Å². The van der Waals surface area contributed by atoms with Gasteiger partial charge in [0.1, 0.15) is 0 Å². The van der Waals surface area contributed by atoms with Crippen LogP contribution in [0.25, 0.3) is 0 Å². The molecule has 0 aromatic carbocycles. The van der Waals surface area contributed by atoms with Crippen LogP contribution in [0.4, 0.5) is 0 Å². The molecular weight excluding hydrogens is 338 g/mol. The van der Waals surface area contributed by atoms with Crippen LogP contribution in [0.1, 0.15) is 38.5 Å². The van der Waals surface area contributed by atoms with E-state index in [9.17, 15) is 13.2 Å². The van der Waals surface area contributed by atoms with E-state index >= 15 is 0 Å². The first-order valence-corrected chi connectivity index (χ1v) is 10.3. The molecule has 2 fully saturated rings. The average Bonchev–Trinajstić information content (AvgIpc) is 2.51. The first-order chi connectivity index (χ1) is 10.4. The number of nitrogens with one attached hydrogen (secondary N) is 2. The SMILES string of the molecule is CS(=O)(=O)NCC1CCCN(C(=O)CCC2CCNCC2)C1.Cl. The summed E-state index contributed by atoms with van der Waals surface area (Å²) < 4.78 is 24.9. The number of halogens is 1. The van der Waals surface area contributed by atoms with Gasteiger partial charge in [0.15, 0.2) is 0 Å². The van der Waals surface area contributed by atoms with Gasteiger partial charge in [-0.1, -0.05) is 0 Å². The molecule has 136 valence electrons. The van der Waals surface area contributed by atoms with Crippen LogP contribution < -0.4 is 10.0 Å². The summed E-state index contributed by atoms with van der Waals surface area (Å²) in [5, 5.41) is 3.35. The third kappa shape index (κ3) is 7.83. The minimum absolute atomic E-state index is 0. The molecule has 0 radical (unpaired) electrons. The molecule has 0 bridgehead atoms. The fourth-order valence-electron chi connectivity index (χ4n) is 3.38. The molecule has 1 amide bonds. The molecule has 0 aromatic rings. The second-order valence-corrected chi connectivity index (χ2v) is 8.53. The van der Waals surface area contributed by atoms with Gasteiger partial charge < -0.3 is 10.2 Å². The molecule has 2 heterocycles. The van der Waals surface area contributed by atoms with Crippen LogP contribution in [0.2, 0.25) is 0 Å². The van der Waals surface area contributed by atoms with Crippen molar-refractivity contribution in [3.05, 3.63) is 0 Å². The first kappa shape index (κ1) is 20.7. The zero-order chi connectivity index (χ0) is 16.0. The Hall–Kier alpha value is -0.370. The van der Waals surface area contributed by atoms with E-state index in [4.69, 9.17) is 0 Å². The summed E-state index contributed by atoms with van der Waals surface area (Å²) >= 11 is 0. The number of hydrogen-bond donors (Lipinski definition) is 2. The lowest BCUT2D eigenvalue weighted by molar-refractivity contribution is -0.133. The minimum atomic E-state index is -3.15. The van der Waals surface area contributed by atoms with Crippen molar-refractivity contribution in [2.24, 2.45) is 11.8 Å². The molecule has 0 aliphatic carbocycles. The molecule has 2 aliphatic rings. The van der Waals surface area contributed by atoms with Crippen LogP contribution in [-0.4, -0.2) is 58.2 Å². The number of carbonyl (C=O) groups excluding carboxylic acids is 1. The van der Waals surface area contributed by atoms with E-state index in [0.717, 1.165) is 38.9 Å². The Kier molecular flexibility index (Phi) is 8.82. The van der Waals surface area contributed by atoms with Gasteiger partial charge in [-0.15, -0.1) is 12.4 Å². The Morgan fingerprint density at radius 3 is 2.57 bits per heavy atom. The van der Waals surface area contributed by atoms with Crippen LogP contribution in [0.5, 0.6) is 0 Å². The molecule has 2 rings (SSSR count). The Morgan fingerprint density at radius 1 is 1.22 bits per heavy atom. The summed E-state index contributed by atoms with van der Waals surface area (Å²) in [7, 11) is -3.15. The highest BCUT2D eigenvalue weighted by Gasteiger charge is 2.24. The molecule has 2 aliphatic heterocycles. The predicted molar refractivity (Wildman–Crippen MR) is 94.2 cm³/mol. The minimum Gasteiger partial charge on any atom is -0.342 e.